The highest BCUT2D eigenvalue weighted by Crippen LogP contribution is 2.09. The lowest BCUT2D eigenvalue weighted by molar-refractivity contribution is 0.134. The average Bonchev–Trinajstić information content (AvgIpc) is 1.89. The van der Waals surface area contributed by atoms with Crippen LogP contribution in [-0.2, 0) is 4.74 Å². The number of allylic oxidation sites excluding steroid dienone is 2. The first kappa shape index (κ1) is 6.82. The third kappa shape index (κ3) is 1.01. The molecule has 0 spiro atoms. The first-order valence-electron chi connectivity index (χ1n) is 2.81. The fraction of sp³-hybridized carbons (Fsp3) is 0.167. The average molecular weight is 139 g/mol. The van der Waals surface area contributed by atoms with Crippen molar-refractivity contribution in [1.82, 2.24) is 0 Å². The van der Waals surface area contributed by atoms with Crippen molar-refractivity contribution >= 4 is 5.84 Å². The second kappa shape index (κ2) is 2.15. The smallest absolute Gasteiger partial charge is 0.234 e. The molecule has 0 saturated heterocycles. The van der Waals surface area contributed by atoms with E-state index in [2.05, 4.69) is 0 Å². The summed E-state index contributed by atoms with van der Waals surface area (Å²) in [6.45, 7) is 0. The highest BCUT2D eigenvalue weighted by molar-refractivity contribution is 5.87. The summed E-state index contributed by atoms with van der Waals surface area (Å²) in [5.41, 5.74) is 9.41. The van der Waals surface area contributed by atoms with Gasteiger partial charge < -0.3 is 10.5 Å². The Balaban J connectivity index is 2.80. The van der Waals surface area contributed by atoms with Crippen LogP contribution in [0.25, 0.3) is 0 Å². The molecule has 0 aromatic heterocycles. The number of amidine groups is 1. The highest BCUT2D eigenvalue weighted by Gasteiger charge is 2.27. The van der Waals surface area contributed by atoms with Crippen LogP contribution in [0.2, 0.25) is 0 Å². The van der Waals surface area contributed by atoms with E-state index in [9.17, 15) is 0 Å². The molecular weight excluding hydrogens is 130 g/mol. The predicted molar refractivity (Wildman–Crippen MR) is 38.2 cm³/mol. The van der Waals surface area contributed by atoms with E-state index in [0.29, 0.717) is 0 Å². The molecule has 4 nitrogen and oxygen atoms in total. The highest BCUT2D eigenvalue weighted by atomic mass is 16.5. The maximum absolute atomic E-state index is 7.03. The molecule has 1 heterocycles. The van der Waals surface area contributed by atoms with Gasteiger partial charge in [0.05, 0.1) is 6.26 Å². The zero-order valence-corrected chi connectivity index (χ0v) is 5.37. The predicted octanol–water partition coefficient (Wildman–Crippen LogP) is -0.323. The molecule has 1 aliphatic heterocycles. The summed E-state index contributed by atoms with van der Waals surface area (Å²) in [6.07, 6.45) is 6.29. The van der Waals surface area contributed by atoms with Crippen LogP contribution in [0.4, 0.5) is 0 Å². The minimum Gasteiger partial charge on any atom is -0.470 e. The number of hydrogen-bond acceptors (Lipinski definition) is 3. The van der Waals surface area contributed by atoms with E-state index < -0.39 is 5.72 Å². The fourth-order valence-electron chi connectivity index (χ4n) is 0.588. The Labute approximate surface area is 58.7 Å². The van der Waals surface area contributed by atoms with E-state index in [-0.39, 0.29) is 5.84 Å². The van der Waals surface area contributed by atoms with Crippen LogP contribution in [-0.4, -0.2) is 11.6 Å². The molecular formula is C6H9N3O. The number of nitrogens with one attached hydrogen (secondary N) is 1. The first-order valence-corrected chi connectivity index (χ1v) is 2.81. The molecule has 1 rings (SSSR count). The largest absolute Gasteiger partial charge is 0.470 e. The summed E-state index contributed by atoms with van der Waals surface area (Å²) in [7, 11) is 0. The van der Waals surface area contributed by atoms with Crippen LogP contribution in [0.15, 0.2) is 24.5 Å². The third-order valence-electron chi connectivity index (χ3n) is 1.22. The zero-order chi connectivity index (χ0) is 7.61. The molecule has 0 fully saturated rings. The lowest BCUT2D eigenvalue weighted by atomic mass is 10.2. The number of rotatable bonds is 1. The molecule has 0 radical (unpaired) electrons. The van der Waals surface area contributed by atoms with E-state index in [1.807, 2.05) is 0 Å². The van der Waals surface area contributed by atoms with Crippen LogP contribution >= 0.6 is 0 Å². The molecule has 0 saturated carbocycles. The lowest BCUT2D eigenvalue weighted by Crippen LogP contribution is -2.51. The summed E-state index contributed by atoms with van der Waals surface area (Å²) < 4.78 is 4.89. The molecule has 1 unspecified atom stereocenters. The van der Waals surface area contributed by atoms with Crippen molar-refractivity contribution in [2.24, 2.45) is 11.5 Å². The number of nitrogens with two attached hydrogens (primary N) is 2. The molecule has 1 aliphatic rings. The topological polar surface area (TPSA) is 85.1 Å². The van der Waals surface area contributed by atoms with E-state index in [1.54, 1.807) is 12.2 Å². The molecule has 0 bridgehead atoms. The van der Waals surface area contributed by atoms with Gasteiger partial charge in [-0.05, 0) is 12.2 Å². The van der Waals surface area contributed by atoms with Gasteiger partial charge in [0.25, 0.3) is 0 Å². The van der Waals surface area contributed by atoms with Crippen molar-refractivity contribution in [3.8, 4) is 0 Å². The standard InChI is InChI=1S/C6H9N3O/c7-5(8)6(9)3-1-2-4-10-6/h1-4H,9H2,(H3,7,8). The van der Waals surface area contributed by atoms with Gasteiger partial charge in [0.2, 0.25) is 5.72 Å². The van der Waals surface area contributed by atoms with Crippen molar-refractivity contribution in [1.29, 1.82) is 5.41 Å². The van der Waals surface area contributed by atoms with Gasteiger partial charge in [0.1, 0.15) is 0 Å². The van der Waals surface area contributed by atoms with Gasteiger partial charge in [0.15, 0.2) is 5.84 Å². The van der Waals surface area contributed by atoms with Crippen molar-refractivity contribution in [2.75, 3.05) is 0 Å². The van der Waals surface area contributed by atoms with Crippen LogP contribution in [0.1, 0.15) is 0 Å². The summed E-state index contributed by atoms with van der Waals surface area (Å²) in [4.78, 5) is 0. The summed E-state index contributed by atoms with van der Waals surface area (Å²) in [5, 5.41) is 7.03. The molecule has 5 N–H and O–H groups in total. The quantitative estimate of drug-likeness (QED) is 0.343. The Morgan fingerprint density at radius 1 is 1.50 bits per heavy atom. The Kier molecular flexibility index (Phi) is 1.47. The fourth-order valence-corrected chi connectivity index (χ4v) is 0.588. The maximum atomic E-state index is 7.03. The Morgan fingerprint density at radius 3 is 2.50 bits per heavy atom. The summed E-state index contributed by atoms with van der Waals surface area (Å²) in [6, 6.07) is 0. The van der Waals surface area contributed by atoms with Crippen LogP contribution in [0.3, 0.4) is 0 Å². The van der Waals surface area contributed by atoms with Gasteiger partial charge >= 0.3 is 0 Å². The van der Waals surface area contributed by atoms with Crippen molar-refractivity contribution in [3.63, 3.8) is 0 Å². The van der Waals surface area contributed by atoms with Gasteiger partial charge in [0, 0.05) is 0 Å². The second-order valence-electron chi connectivity index (χ2n) is 2.01. The van der Waals surface area contributed by atoms with Crippen molar-refractivity contribution in [3.05, 3.63) is 24.5 Å². The Bertz CT molecular complexity index is 209. The normalized spacial score (nSPS) is 29.7. The lowest BCUT2D eigenvalue weighted by Gasteiger charge is -2.24. The van der Waals surface area contributed by atoms with Crippen molar-refractivity contribution in [2.45, 2.75) is 5.72 Å². The van der Waals surface area contributed by atoms with Gasteiger partial charge in [-0.25, -0.2) is 0 Å². The van der Waals surface area contributed by atoms with Gasteiger partial charge in [-0.1, -0.05) is 6.08 Å². The van der Waals surface area contributed by atoms with Crippen LogP contribution in [0.5, 0.6) is 0 Å². The number of hydrogen-bond donors (Lipinski definition) is 3. The van der Waals surface area contributed by atoms with Gasteiger partial charge in [-0.15, -0.1) is 0 Å². The summed E-state index contributed by atoms with van der Waals surface area (Å²) >= 11 is 0. The molecule has 0 aromatic rings. The van der Waals surface area contributed by atoms with E-state index >= 15 is 0 Å². The minimum atomic E-state index is -1.23. The van der Waals surface area contributed by atoms with Crippen molar-refractivity contribution < 1.29 is 4.74 Å². The van der Waals surface area contributed by atoms with E-state index in [4.69, 9.17) is 21.6 Å². The number of ether oxygens (including phenoxy) is 1. The molecule has 10 heavy (non-hydrogen) atoms. The molecule has 54 valence electrons. The molecule has 0 aromatic carbocycles. The third-order valence-corrected chi connectivity index (χ3v) is 1.22. The Hall–Kier alpha value is -1.29. The molecule has 4 heteroatoms. The monoisotopic (exact) mass is 139 g/mol. The second-order valence-corrected chi connectivity index (χ2v) is 2.01. The molecule has 1 atom stereocenters. The van der Waals surface area contributed by atoms with Crippen LogP contribution in [0, 0.1) is 5.41 Å². The zero-order valence-electron chi connectivity index (χ0n) is 5.37. The Morgan fingerprint density at radius 2 is 2.20 bits per heavy atom. The molecule has 0 amide bonds. The summed E-state index contributed by atoms with van der Waals surface area (Å²) in [5.74, 6) is -0.201. The molecule has 0 aliphatic carbocycles. The minimum absolute atomic E-state index is 0.201. The van der Waals surface area contributed by atoms with Gasteiger partial charge in [-0.3, -0.25) is 11.1 Å². The maximum Gasteiger partial charge on any atom is 0.234 e. The van der Waals surface area contributed by atoms with E-state index in [0.717, 1.165) is 0 Å². The van der Waals surface area contributed by atoms with E-state index in [1.165, 1.54) is 12.3 Å². The van der Waals surface area contributed by atoms with Crippen LogP contribution < -0.4 is 11.5 Å². The SMILES string of the molecule is N=C(N)C1(N)C=CC=CO1. The van der Waals surface area contributed by atoms with Gasteiger partial charge in [-0.2, -0.15) is 0 Å². The first-order chi connectivity index (χ1) is 4.65.